The molecule has 3 aromatic heterocycles. The summed E-state index contributed by atoms with van der Waals surface area (Å²) in [5, 5.41) is 0. The minimum Gasteiger partial charge on any atom is -0.488 e. The molecular weight excluding hydrogens is 456 g/mol. The lowest BCUT2D eigenvalue weighted by Gasteiger charge is -2.36. The van der Waals surface area contributed by atoms with Crippen LogP contribution in [0.15, 0.2) is 36.7 Å². The fourth-order valence-electron chi connectivity index (χ4n) is 4.79. The Bertz CT molecular complexity index is 1480. The van der Waals surface area contributed by atoms with Crippen molar-refractivity contribution in [1.29, 1.82) is 0 Å². The largest absolute Gasteiger partial charge is 0.488 e. The predicted molar refractivity (Wildman–Crippen MR) is 112 cm³/mol. The normalized spacial score (nSPS) is 19.8. The summed E-state index contributed by atoms with van der Waals surface area (Å²) in [5.74, 6) is -0.252. The second kappa shape index (κ2) is 7.02. The first-order valence-electron chi connectivity index (χ1n) is 10.5. The van der Waals surface area contributed by atoms with Gasteiger partial charge in [0.15, 0.2) is 0 Å². The number of carbonyl (C=O) groups is 1. The van der Waals surface area contributed by atoms with Gasteiger partial charge in [0.2, 0.25) is 0 Å². The Morgan fingerprint density at radius 2 is 1.97 bits per heavy atom. The Morgan fingerprint density at radius 1 is 1.15 bits per heavy atom. The lowest BCUT2D eigenvalue weighted by atomic mass is 9.93. The zero-order valence-corrected chi connectivity index (χ0v) is 17.4. The fourth-order valence-corrected chi connectivity index (χ4v) is 4.79. The zero-order valence-electron chi connectivity index (χ0n) is 17.4. The molecule has 1 fully saturated rings. The maximum absolute atomic E-state index is 14.4. The van der Waals surface area contributed by atoms with Crippen LogP contribution in [0.25, 0.3) is 16.6 Å². The first kappa shape index (κ1) is 20.6. The number of rotatable bonds is 1. The number of nitrogen functional groups attached to an aromatic ring is 1. The third-order valence-electron chi connectivity index (χ3n) is 6.32. The number of pyridine rings is 1. The van der Waals surface area contributed by atoms with Crippen molar-refractivity contribution >= 4 is 28.3 Å². The maximum Gasteiger partial charge on any atom is 0.416 e. The number of amides is 1. The van der Waals surface area contributed by atoms with E-state index in [2.05, 4.69) is 15.0 Å². The molecule has 12 heteroatoms. The third kappa shape index (κ3) is 2.97. The average Bonchev–Trinajstić information content (AvgIpc) is 3.38. The summed E-state index contributed by atoms with van der Waals surface area (Å²) in [4.78, 5) is 27.1. The maximum atomic E-state index is 14.4. The summed E-state index contributed by atoms with van der Waals surface area (Å²) in [6.07, 6.45) is -1.99. The number of alkyl halides is 3. The number of carbonyl (C=O) groups excluding carboxylic acids is 1. The van der Waals surface area contributed by atoms with Crippen LogP contribution in [0.1, 0.15) is 40.5 Å². The number of aromatic nitrogens is 4. The highest BCUT2D eigenvalue weighted by Gasteiger charge is 2.44. The van der Waals surface area contributed by atoms with Gasteiger partial charge in [0, 0.05) is 12.1 Å². The first-order chi connectivity index (χ1) is 16.2. The molecule has 5 heterocycles. The number of benzene rings is 1. The van der Waals surface area contributed by atoms with E-state index < -0.39 is 35.9 Å². The smallest absolute Gasteiger partial charge is 0.416 e. The number of halogens is 4. The minimum atomic E-state index is -4.50. The van der Waals surface area contributed by atoms with Crippen molar-refractivity contribution in [3.8, 4) is 5.75 Å². The molecule has 0 bridgehead atoms. The van der Waals surface area contributed by atoms with Crippen LogP contribution < -0.4 is 10.5 Å². The van der Waals surface area contributed by atoms with Gasteiger partial charge in [-0.15, -0.1) is 0 Å². The van der Waals surface area contributed by atoms with Crippen molar-refractivity contribution in [2.45, 2.75) is 31.2 Å². The van der Waals surface area contributed by atoms with Crippen LogP contribution >= 0.6 is 0 Å². The molecule has 2 atom stereocenters. The number of nitrogens with zero attached hydrogens (tertiary/aromatic N) is 5. The molecule has 8 nitrogen and oxygen atoms in total. The van der Waals surface area contributed by atoms with E-state index in [0.29, 0.717) is 24.9 Å². The van der Waals surface area contributed by atoms with Crippen LogP contribution in [0.4, 0.5) is 23.4 Å². The molecule has 2 aliphatic heterocycles. The van der Waals surface area contributed by atoms with Gasteiger partial charge < -0.3 is 15.4 Å². The number of hydrogen-bond donors (Lipinski definition) is 1. The Labute approximate surface area is 189 Å². The summed E-state index contributed by atoms with van der Waals surface area (Å²) >= 11 is 0. The minimum absolute atomic E-state index is 0.0366. The van der Waals surface area contributed by atoms with E-state index in [1.54, 1.807) is 4.90 Å². The van der Waals surface area contributed by atoms with Gasteiger partial charge in [-0.3, -0.25) is 9.20 Å². The molecule has 6 rings (SSSR count). The highest BCUT2D eigenvalue weighted by Crippen LogP contribution is 2.46. The van der Waals surface area contributed by atoms with E-state index in [-0.39, 0.29) is 33.8 Å². The number of nitrogens with two attached hydrogens (primary N) is 1. The lowest BCUT2D eigenvalue weighted by Crippen LogP contribution is -2.44. The fraction of sp³-hybridized carbons (Fsp3) is 0.273. The molecule has 0 radical (unpaired) electrons. The lowest BCUT2D eigenvalue weighted by molar-refractivity contribution is -0.137. The summed E-state index contributed by atoms with van der Waals surface area (Å²) in [6.45, 7) is 0.373. The molecule has 2 N–H and O–H groups in total. The first-order valence-corrected chi connectivity index (χ1v) is 10.5. The molecule has 1 saturated heterocycles. The highest BCUT2D eigenvalue weighted by atomic mass is 19.4. The van der Waals surface area contributed by atoms with E-state index in [9.17, 15) is 22.4 Å². The van der Waals surface area contributed by atoms with Gasteiger partial charge >= 0.3 is 6.18 Å². The van der Waals surface area contributed by atoms with Gasteiger partial charge in [0.25, 0.3) is 12.0 Å². The Balaban J connectivity index is 1.41. The Hall–Kier alpha value is -3.96. The van der Waals surface area contributed by atoms with Gasteiger partial charge in [-0.25, -0.2) is 15.0 Å². The second-order valence-electron chi connectivity index (χ2n) is 8.30. The summed E-state index contributed by atoms with van der Waals surface area (Å²) in [6, 6.07) is 4.18. The molecule has 174 valence electrons. The average molecular weight is 472 g/mol. The number of piperidine rings is 1. The monoisotopic (exact) mass is 472 g/mol. The quantitative estimate of drug-likeness (QED) is 0.424. The standard InChI is InChI=1S/C22H16F4N6O2/c23-21-29-9-15-19(27)30-13-8-28-12(7-14(13)32(15)21)20(33)31-5-1-2-16-18(31)11-4-3-10(22(24,25)26)6-17(11)34-16/h3-4,6-9,16,18H,1-2,5H2,(H2,27,30)/t16-,18-/m0/s1. The van der Waals surface area contributed by atoms with Gasteiger partial charge in [-0.05, 0) is 31.0 Å². The molecular formula is C22H16F4N6O2. The second-order valence-corrected chi connectivity index (χ2v) is 8.30. The Kier molecular flexibility index (Phi) is 4.26. The number of imidazole rings is 1. The van der Waals surface area contributed by atoms with Crippen LogP contribution in [-0.4, -0.2) is 42.8 Å². The van der Waals surface area contributed by atoms with E-state index in [0.717, 1.165) is 16.5 Å². The van der Waals surface area contributed by atoms with Crippen molar-refractivity contribution in [2.24, 2.45) is 0 Å². The van der Waals surface area contributed by atoms with Crippen LogP contribution in [0.5, 0.6) is 5.75 Å². The topological polar surface area (TPSA) is 98.6 Å². The number of hydrogen-bond acceptors (Lipinski definition) is 6. The molecule has 0 saturated carbocycles. The molecule has 0 aliphatic carbocycles. The molecule has 2 aliphatic rings. The SMILES string of the molecule is Nc1nc2cnc(C(=O)N3CCC[C@@H]4Oc5cc(C(F)(F)F)ccc5[C@@H]43)cc2n2c(F)ncc12. The van der Waals surface area contributed by atoms with Crippen LogP contribution in [0, 0.1) is 6.08 Å². The van der Waals surface area contributed by atoms with E-state index in [1.807, 2.05) is 0 Å². The molecule has 0 unspecified atom stereocenters. The van der Waals surface area contributed by atoms with Crippen molar-refractivity contribution < 1.29 is 27.1 Å². The summed E-state index contributed by atoms with van der Waals surface area (Å²) < 4.78 is 60.8. The molecule has 1 amide bonds. The van der Waals surface area contributed by atoms with Crippen molar-refractivity contribution in [1.82, 2.24) is 24.3 Å². The van der Waals surface area contributed by atoms with Gasteiger partial charge in [-0.1, -0.05) is 6.07 Å². The van der Waals surface area contributed by atoms with Gasteiger partial charge in [0.05, 0.1) is 29.5 Å². The van der Waals surface area contributed by atoms with Gasteiger partial charge in [-0.2, -0.15) is 17.6 Å². The third-order valence-corrected chi connectivity index (χ3v) is 6.32. The number of ether oxygens (including phenoxy) is 1. The Morgan fingerprint density at radius 3 is 2.76 bits per heavy atom. The van der Waals surface area contributed by atoms with E-state index in [4.69, 9.17) is 10.5 Å². The summed E-state index contributed by atoms with van der Waals surface area (Å²) in [5.41, 5.74) is 6.42. The molecule has 1 aromatic carbocycles. The number of fused-ring (bicyclic) bond motifs is 6. The highest BCUT2D eigenvalue weighted by molar-refractivity contribution is 5.96. The van der Waals surface area contributed by atoms with Crippen molar-refractivity contribution in [3.05, 3.63) is 59.6 Å². The van der Waals surface area contributed by atoms with Crippen LogP contribution in [0.3, 0.4) is 0 Å². The predicted octanol–water partition coefficient (Wildman–Crippen LogP) is 3.76. The molecule has 34 heavy (non-hydrogen) atoms. The van der Waals surface area contributed by atoms with E-state index in [1.165, 1.54) is 24.5 Å². The van der Waals surface area contributed by atoms with E-state index >= 15 is 0 Å². The zero-order chi connectivity index (χ0) is 23.8. The molecule has 0 spiro atoms. The van der Waals surface area contributed by atoms with Gasteiger partial charge in [0.1, 0.15) is 34.4 Å². The number of anilines is 1. The summed E-state index contributed by atoms with van der Waals surface area (Å²) in [7, 11) is 0. The molecule has 4 aromatic rings. The van der Waals surface area contributed by atoms with Crippen LogP contribution in [0.2, 0.25) is 0 Å². The number of likely N-dealkylation sites (tertiary alicyclic amines) is 1. The van der Waals surface area contributed by atoms with Crippen molar-refractivity contribution in [2.75, 3.05) is 12.3 Å². The van der Waals surface area contributed by atoms with Crippen LogP contribution in [-0.2, 0) is 6.18 Å². The van der Waals surface area contributed by atoms with Crippen molar-refractivity contribution in [3.63, 3.8) is 0 Å².